The highest BCUT2D eigenvalue weighted by Gasteiger charge is 2.22. The second-order valence-corrected chi connectivity index (χ2v) is 7.65. The molecule has 3 heterocycles. The molecule has 8 nitrogen and oxygen atoms in total. The van der Waals surface area contributed by atoms with E-state index >= 15 is 0 Å². The van der Waals surface area contributed by atoms with E-state index in [0.717, 1.165) is 25.1 Å². The summed E-state index contributed by atoms with van der Waals surface area (Å²) >= 11 is 0. The summed E-state index contributed by atoms with van der Waals surface area (Å²) in [6.07, 6.45) is 4.18. The SMILES string of the molecule is N/C(=C(/c1ccncc1)N(N)c1ccccc1F)c1nc(-c2ccc3c(c2)CNCC3)no1. The summed E-state index contributed by atoms with van der Waals surface area (Å²) < 4.78 is 20.0. The van der Waals surface area contributed by atoms with E-state index < -0.39 is 5.82 Å². The minimum absolute atomic E-state index is 0.0828. The van der Waals surface area contributed by atoms with E-state index in [1.807, 2.05) is 12.1 Å². The molecule has 9 heteroatoms. The lowest BCUT2D eigenvalue weighted by Crippen LogP contribution is -2.32. The van der Waals surface area contributed by atoms with Crippen LogP contribution in [0.1, 0.15) is 22.6 Å². The van der Waals surface area contributed by atoms with E-state index in [9.17, 15) is 4.39 Å². The number of hydrazine groups is 1. The maximum Gasteiger partial charge on any atom is 0.276 e. The first-order valence-electron chi connectivity index (χ1n) is 10.5. The third-order valence-corrected chi connectivity index (χ3v) is 5.57. The molecule has 5 rings (SSSR count). The van der Waals surface area contributed by atoms with E-state index in [0.29, 0.717) is 17.1 Å². The molecule has 33 heavy (non-hydrogen) atoms. The van der Waals surface area contributed by atoms with Crippen molar-refractivity contribution in [3.8, 4) is 11.4 Å². The van der Waals surface area contributed by atoms with Crippen molar-refractivity contribution < 1.29 is 8.91 Å². The number of hydrogen-bond donors (Lipinski definition) is 3. The van der Waals surface area contributed by atoms with Crippen LogP contribution in [0.4, 0.5) is 10.1 Å². The van der Waals surface area contributed by atoms with Crippen molar-refractivity contribution in [3.05, 3.63) is 95.4 Å². The highest BCUT2D eigenvalue weighted by atomic mass is 19.1. The lowest BCUT2D eigenvalue weighted by Gasteiger charge is -2.23. The molecule has 0 atom stereocenters. The molecule has 0 spiro atoms. The van der Waals surface area contributed by atoms with Gasteiger partial charge in [-0.25, -0.2) is 10.2 Å². The van der Waals surface area contributed by atoms with Gasteiger partial charge in [0.1, 0.15) is 11.5 Å². The number of hydrogen-bond acceptors (Lipinski definition) is 8. The molecule has 5 N–H and O–H groups in total. The minimum Gasteiger partial charge on any atom is -0.392 e. The summed E-state index contributed by atoms with van der Waals surface area (Å²) in [6, 6.07) is 15.7. The summed E-state index contributed by atoms with van der Waals surface area (Å²) in [5.41, 5.74) is 11.0. The molecular weight excluding hydrogens is 421 g/mol. The van der Waals surface area contributed by atoms with Crippen LogP contribution in [0.25, 0.3) is 22.8 Å². The molecule has 1 aliphatic rings. The number of halogens is 1. The quantitative estimate of drug-likeness (QED) is 0.318. The Balaban J connectivity index is 1.57. The van der Waals surface area contributed by atoms with Crippen molar-refractivity contribution in [1.29, 1.82) is 0 Å². The van der Waals surface area contributed by atoms with Crippen molar-refractivity contribution in [1.82, 2.24) is 20.4 Å². The molecule has 166 valence electrons. The molecule has 0 fully saturated rings. The normalized spacial score (nSPS) is 13.9. The number of pyridine rings is 1. The first-order chi connectivity index (χ1) is 16.1. The Bertz CT molecular complexity index is 1320. The van der Waals surface area contributed by atoms with Crippen LogP contribution in [0.3, 0.4) is 0 Å². The van der Waals surface area contributed by atoms with E-state index in [4.69, 9.17) is 16.1 Å². The largest absolute Gasteiger partial charge is 0.392 e. The number of para-hydroxylation sites is 1. The van der Waals surface area contributed by atoms with Crippen LogP contribution in [-0.2, 0) is 13.0 Å². The molecular formula is C24H22FN7O. The standard InChI is InChI=1S/C24H22FN7O/c25-19-3-1-2-4-20(19)32(27)22(16-8-10-28-11-9-16)21(26)24-30-23(31-33-24)17-6-5-15-7-12-29-14-18(15)13-17/h1-6,8-11,13,29H,7,12,14,26-27H2/b22-21-. The smallest absolute Gasteiger partial charge is 0.276 e. The molecule has 0 bridgehead atoms. The number of aromatic nitrogens is 3. The summed E-state index contributed by atoms with van der Waals surface area (Å²) in [4.78, 5) is 8.54. The van der Waals surface area contributed by atoms with E-state index in [-0.39, 0.29) is 17.3 Å². The van der Waals surface area contributed by atoms with Gasteiger partial charge in [-0.1, -0.05) is 29.4 Å². The van der Waals surface area contributed by atoms with Crippen molar-refractivity contribution >= 4 is 17.1 Å². The topological polar surface area (TPSA) is 119 Å². The van der Waals surface area contributed by atoms with Gasteiger partial charge in [-0.2, -0.15) is 4.98 Å². The summed E-state index contributed by atoms with van der Waals surface area (Å²) in [5, 5.41) is 8.65. The third-order valence-electron chi connectivity index (χ3n) is 5.57. The monoisotopic (exact) mass is 443 g/mol. The lowest BCUT2D eigenvalue weighted by atomic mass is 9.98. The predicted octanol–water partition coefficient (Wildman–Crippen LogP) is 3.08. The zero-order valence-electron chi connectivity index (χ0n) is 17.7. The fourth-order valence-electron chi connectivity index (χ4n) is 3.87. The van der Waals surface area contributed by atoms with Crippen molar-refractivity contribution in [2.24, 2.45) is 11.6 Å². The number of rotatable bonds is 5. The number of anilines is 1. The average molecular weight is 443 g/mol. The highest BCUT2D eigenvalue weighted by Crippen LogP contribution is 2.30. The first-order valence-corrected chi connectivity index (χ1v) is 10.5. The van der Waals surface area contributed by atoms with Crippen LogP contribution >= 0.6 is 0 Å². The van der Waals surface area contributed by atoms with Crippen LogP contribution < -0.4 is 21.9 Å². The van der Waals surface area contributed by atoms with Crippen molar-refractivity contribution in [2.45, 2.75) is 13.0 Å². The van der Waals surface area contributed by atoms with Crippen LogP contribution in [0.5, 0.6) is 0 Å². The Hall–Kier alpha value is -4.08. The van der Waals surface area contributed by atoms with Gasteiger partial charge in [-0.05, 0) is 54.4 Å². The zero-order chi connectivity index (χ0) is 22.8. The Morgan fingerprint density at radius 1 is 1.06 bits per heavy atom. The summed E-state index contributed by atoms with van der Waals surface area (Å²) in [7, 11) is 0. The summed E-state index contributed by atoms with van der Waals surface area (Å²) in [6.45, 7) is 1.77. The van der Waals surface area contributed by atoms with Gasteiger partial charge in [-0.15, -0.1) is 0 Å². The van der Waals surface area contributed by atoms with Gasteiger partial charge in [0.05, 0.1) is 11.4 Å². The van der Waals surface area contributed by atoms with Gasteiger partial charge >= 0.3 is 0 Å². The van der Waals surface area contributed by atoms with Crippen LogP contribution in [0.2, 0.25) is 0 Å². The first kappa shape index (κ1) is 20.8. The Kier molecular flexibility index (Phi) is 5.55. The molecule has 4 aromatic rings. The van der Waals surface area contributed by atoms with E-state index in [2.05, 4.69) is 26.5 Å². The van der Waals surface area contributed by atoms with Gasteiger partial charge in [0.25, 0.3) is 5.89 Å². The highest BCUT2D eigenvalue weighted by molar-refractivity contribution is 5.93. The molecule has 0 saturated heterocycles. The van der Waals surface area contributed by atoms with Gasteiger partial charge in [0, 0.05) is 30.1 Å². The molecule has 1 aliphatic heterocycles. The maximum absolute atomic E-state index is 14.5. The second kappa shape index (κ2) is 8.81. The predicted molar refractivity (Wildman–Crippen MR) is 123 cm³/mol. The third kappa shape index (κ3) is 4.07. The van der Waals surface area contributed by atoms with E-state index in [1.165, 1.54) is 22.2 Å². The molecule has 2 aromatic heterocycles. The molecule has 0 saturated carbocycles. The second-order valence-electron chi connectivity index (χ2n) is 7.65. The van der Waals surface area contributed by atoms with Crippen LogP contribution in [0, 0.1) is 5.82 Å². The Morgan fingerprint density at radius 2 is 1.88 bits per heavy atom. The average Bonchev–Trinajstić information content (AvgIpc) is 3.35. The molecule has 0 unspecified atom stereocenters. The fourth-order valence-corrected chi connectivity index (χ4v) is 3.87. The van der Waals surface area contributed by atoms with E-state index in [1.54, 1.807) is 42.7 Å². The molecule has 2 aromatic carbocycles. The Morgan fingerprint density at radius 3 is 2.70 bits per heavy atom. The minimum atomic E-state index is -0.492. The van der Waals surface area contributed by atoms with Crippen molar-refractivity contribution in [2.75, 3.05) is 11.6 Å². The van der Waals surface area contributed by atoms with Crippen LogP contribution in [-0.4, -0.2) is 21.7 Å². The number of nitrogens with one attached hydrogen (secondary N) is 1. The van der Waals surface area contributed by atoms with Gasteiger partial charge in [0.2, 0.25) is 5.82 Å². The lowest BCUT2D eigenvalue weighted by molar-refractivity contribution is 0.408. The van der Waals surface area contributed by atoms with Gasteiger partial charge < -0.3 is 15.6 Å². The zero-order valence-corrected chi connectivity index (χ0v) is 17.7. The number of benzene rings is 2. The number of nitrogens with zero attached hydrogens (tertiary/aromatic N) is 4. The van der Waals surface area contributed by atoms with Gasteiger partial charge in [-0.3, -0.25) is 9.99 Å². The number of fused-ring (bicyclic) bond motifs is 1. The summed E-state index contributed by atoms with van der Waals surface area (Å²) in [5.74, 6) is 6.34. The molecule has 0 aliphatic carbocycles. The Labute approximate surface area is 189 Å². The maximum atomic E-state index is 14.5. The van der Waals surface area contributed by atoms with Crippen molar-refractivity contribution in [3.63, 3.8) is 0 Å². The molecule has 0 amide bonds. The molecule has 0 radical (unpaired) electrons. The fraction of sp³-hybridized carbons (Fsp3) is 0.125. The van der Waals surface area contributed by atoms with Gasteiger partial charge in [0.15, 0.2) is 0 Å². The van der Waals surface area contributed by atoms with Crippen LogP contribution in [0.15, 0.2) is 71.5 Å². The number of nitrogens with two attached hydrogens (primary N) is 2.